The molecular weight excluding hydrogens is 730 g/mol. The number of carbonyl (C=O) groups excluding carboxylic acids is 4. The molecule has 3 aromatic rings. The van der Waals surface area contributed by atoms with E-state index in [2.05, 4.69) is 29.1 Å². The van der Waals surface area contributed by atoms with Gasteiger partial charge < -0.3 is 39.0 Å². The van der Waals surface area contributed by atoms with Crippen molar-refractivity contribution in [2.24, 2.45) is 0 Å². The predicted molar refractivity (Wildman–Crippen MR) is 215 cm³/mol. The van der Waals surface area contributed by atoms with Crippen molar-refractivity contribution in [1.29, 1.82) is 0 Å². The number of fused-ring (bicyclic) bond motifs is 8. The van der Waals surface area contributed by atoms with E-state index in [1.807, 2.05) is 66.7 Å². The van der Waals surface area contributed by atoms with Gasteiger partial charge in [-0.05, 0) is 102 Å². The summed E-state index contributed by atoms with van der Waals surface area (Å²) in [5, 5.41) is 2.69. The topological polar surface area (TPSA) is 184 Å². The van der Waals surface area contributed by atoms with Crippen LogP contribution in [0.15, 0.2) is 18.2 Å². The fourth-order valence-electron chi connectivity index (χ4n) is 7.85. The highest BCUT2D eigenvalue weighted by Gasteiger charge is 2.39. The second-order valence-electron chi connectivity index (χ2n) is 15.7. The van der Waals surface area contributed by atoms with Gasteiger partial charge in [0.25, 0.3) is 0 Å². The molecule has 0 aromatic carbocycles. The Bertz CT molecular complexity index is 2310. The minimum atomic E-state index is -0.792. The van der Waals surface area contributed by atoms with Crippen LogP contribution in [0.5, 0.6) is 0 Å². The van der Waals surface area contributed by atoms with Crippen molar-refractivity contribution in [3.05, 3.63) is 68.8 Å². The summed E-state index contributed by atoms with van der Waals surface area (Å²) in [6.07, 6.45) is 0.343. The first-order valence-electron chi connectivity index (χ1n) is 19.5. The highest BCUT2D eigenvalue weighted by molar-refractivity contribution is 6.18. The van der Waals surface area contributed by atoms with Crippen LogP contribution in [-0.2, 0) is 28.5 Å². The highest BCUT2D eigenvalue weighted by Crippen LogP contribution is 2.44. The number of hydrogen-bond acceptors (Lipinski definition) is 11. The summed E-state index contributed by atoms with van der Waals surface area (Å²) in [5.74, 6) is -2.47. The average molecular weight is 784 g/mol. The Kier molecular flexibility index (Phi) is 12.1. The Balaban J connectivity index is 1.46. The predicted octanol–water partition coefficient (Wildman–Crippen LogP) is 8.04. The molecule has 3 aliphatic rings. The molecule has 3 aromatic heterocycles. The molecule has 8 bridgehead atoms. The molecule has 57 heavy (non-hydrogen) atoms. The van der Waals surface area contributed by atoms with Crippen LogP contribution in [0.1, 0.15) is 146 Å². The number of nitrogens with zero attached hydrogens (tertiary/aromatic N) is 2. The smallest absolute Gasteiger partial charge is 0.407 e. The number of amides is 1. The Hall–Kier alpha value is -5.34. The summed E-state index contributed by atoms with van der Waals surface area (Å²) in [7, 11) is 1.35. The van der Waals surface area contributed by atoms with E-state index >= 15 is 0 Å². The largest absolute Gasteiger partial charge is 0.469 e. The Morgan fingerprint density at radius 1 is 0.930 bits per heavy atom. The van der Waals surface area contributed by atoms with Gasteiger partial charge in [0.1, 0.15) is 11.2 Å². The molecule has 0 saturated heterocycles. The lowest BCUT2D eigenvalue weighted by Gasteiger charge is -2.19. The van der Waals surface area contributed by atoms with E-state index in [-0.39, 0.29) is 41.5 Å². The highest BCUT2D eigenvalue weighted by atomic mass is 16.6. The summed E-state index contributed by atoms with van der Waals surface area (Å²) >= 11 is 0. The van der Waals surface area contributed by atoms with E-state index in [1.54, 1.807) is 0 Å². The molecule has 14 heteroatoms. The number of allylic oxidation sites excluding steroid dienone is 2. The maximum atomic E-state index is 13.7. The Morgan fingerprint density at radius 3 is 2.33 bits per heavy atom. The first-order valence-corrected chi connectivity index (χ1v) is 19.5. The number of H-pyrrole nitrogens is 2. The van der Waals surface area contributed by atoms with Gasteiger partial charge in [0.2, 0.25) is 0 Å². The van der Waals surface area contributed by atoms with E-state index < -0.39 is 23.6 Å². The zero-order chi connectivity index (χ0) is 41.3. The van der Waals surface area contributed by atoms with Crippen LogP contribution < -0.4 is 5.32 Å². The third kappa shape index (κ3) is 8.52. The second kappa shape index (κ2) is 16.6. The number of aromatic nitrogens is 4. The molecule has 1 unspecified atom stereocenters. The van der Waals surface area contributed by atoms with Crippen LogP contribution in [0.3, 0.4) is 0 Å². The van der Waals surface area contributed by atoms with Crippen molar-refractivity contribution < 1.29 is 42.9 Å². The number of methoxy groups -OCH3 is 1. The Labute approximate surface area is 332 Å². The third-order valence-electron chi connectivity index (χ3n) is 10.8. The summed E-state index contributed by atoms with van der Waals surface area (Å²) in [6, 6.07) is 5.94. The Morgan fingerprint density at radius 2 is 1.63 bits per heavy atom. The van der Waals surface area contributed by atoms with Crippen LogP contribution in [-0.4, -0.2) is 83.0 Å². The van der Waals surface area contributed by atoms with Crippen LogP contribution in [0.25, 0.3) is 33.2 Å². The van der Waals surface area contributed by atoms with Crippen LogP contribution in [0.4, 0.5) is 4.79 Å². The maximum absolute atomic E-state index is 13.7. The van der Waals surface area contributed by atoms with Crippen molar-refractivity contribution in [1.82, 2.24) is 25.3 Å². The van der Waals surface area contributed by atoms with E-state index in [0.29, 0.717) is 67.2 Å². The molecular formula is C43H53N5O9. The van der Waals surface area contributed by atoms with Crippen LogP contribution in [0.2, 0.25) is 0 Å². The van der Waals surface area contributed by atoms with E-state index in [4.69, 9.17) is 33.7 Å². The maximum Gasteiger partial charge on any atom is 0.407 e. The van der Waals surface area contributed by atoms with E-state index in [1.165, 1.54) is 7.11 Å². The molecule has 6 rings (SSSR count). The third-order valence-corrected chi connectivity index (χ3v) is 10.8. The van der Waals surface area contributed by atoms with Crippen LogP contribution in [0, 0.1) is 13.8 Å². The first kappa shape index (κ1) is 41.3. The summed E-state index contributed by atoms with van der Waals surface area (Å²) < 4.78 is 27.7. The molecule has 3 N–H and O–H groups in total. The molecule has 14 nitrogen and oxygen atoms in total. The lowest BCUT2D eigenvalue weighted by molar-refractivity contribution is -0.140. The number of carbonyl (C=O) groups is 4. The number of rotatable bonds is 12. The quantitative estimate of drug-likeness (QED) is 0.0699. The van der Waals surface area contributed by atoms with Crippen molar-refractivity contribution in [2.45, 2.75) is 105 Å². The normalized spacial score (nSPS) is 17.1. The molecule has 6 heterocycles. The summed E-state index contributed by atoms with van der Waals surface area (Å²) in [4.78, 5) is 68.5. The number of aromatic amines is 2. The van der Waals surface area contributed by atoms with Gasteiger partial charge in [0, 0.05) is 52.6 Å². The van der Waals surface area contributed by atoms with Crippen molar-refractivity contribution >= 4 is 57.2 Å². The van der Waals surface area contributed by atoms with E-state index in [0.717, 1.165) is 44.7 Å². The van der Waals surface area contributed by atoms with Gasteiger partial charge in [-0.25, -0.2) is 19.4 Å². The zero-order valence-corrected chi connectivity index (χ0v) is 34.5. The van der Waals surface area contributed by atoms with Gasteiger partial charge in [-0.2, -0.15) is 0 Å². The molecule has 0 aliphatic carbocycles. The van der Waals surface area contributed by atoms with Gasteiger partial charge in [0.05, 0.1) is 61.2 Å². The average Bonchev–Trinajstić information content (AvgIpc) is 3.82. The lowest BCUT2D eigenvalue weighted by Crippen LogP contribution is -2.34. The van der Waals surface area contributed by atoms with Crippen molar-refractivity contribution in [3.8, 4) is 0 Å². The van der Waals surface area contributed by atoms with Gasteiger partial charge in [-0.15, -0.1) is 0 Å². The van der Waals surface area contributed by atoms with Crippen molar-refractivity contribution in [2.75, 3.05) is 33.5 Å². The molecule has 0 saturated carbocycles. The lowest BCUT2D eigenvalue weighted by atomic mass is 9.85. The number of esters is 3. The van der Waals surface area contributed by atoms with Gasteiger partial charge in [0.15, 0.2) is 0 Å². The fraction of sp³-hybridized carbons (Fsp3) is 0.488. The number of hydrogen-bond donors (Lipinski definition) is 3. The number of aryl methyl sites for hydroxylation is 2. The van der Waals surface area contributed by atoms with Crippen LogP contribution >= 0.6 is 0 Å². The zero-order valence-electron chi connectivity index (χ0n) is 34.5. The number of alkyl carbamates (subject to hydrolysis) is 1. The fourth-order valence-corrected chi connectivity index (χ4v) is 7.85. The van der Waals surface area contributed by atoms with Crippen molar-refractivity contribution in [3.63, 3.8) is 0 Å². The standard InChI is InChI=1S/C43H53N5O9/c1-11-26-21(2)28-20-33-35(25(6)55-17-16-54-15-14-44-42(52)57-43(7,8)9)23(4)30(46-33)18-29-22(3)27(12-13-34(49)53-10)38(47-29)37-39-36(40(50)56-41(37)51)24(5)31(48-39)19-32(26)45-28/h18-20,22,25,27,46,48H,11-17H2,1-10H3,(H,44,52)/t22-,25?,27-/m0/s1. The molecule has 0 radical (unpaired) electrons. The molecule has 3 aliphatic heterocycles. The van der Waals surface area contributed by atoms with Gasteiger partial charge in [-0.3, -0.25) is 9.78 Å². The molecule has 3 atom stereocenters. The first-order chi connectivity index (χ1) is 27.0. The summed E-state index contributed by atoms with van der Waals surface area (Å²) in [6.45, 7) is 18.6. The van der Waals surface area contributed by atoms with Gasteiger partial charge >= 0.3 is 24.0 Å². The minimum Gasteiger partial charge on any atom is -0.469 e. The minimum absolute atomic E-state index is 0.113. The van der Waals surface area contributed by atoms with E-state index in [9.17, 15) is 19.2 Å². The number of nitrogens with one attached hydrogen (secondary N) is 3. The molecule has 1 amide bonds. The van der Waals surface area contributed by atoms with Gasteiger partial charge in [-0.1, -0.05) is 13.8 Å². The second-order valence-corrected chi connectivity index (χ2v) is 15.7. The number of cyclic esters (lactones) is 2. The number of ether oxygens (including phenoxy) is 5. The molecule has 0 fully saturated rings. The summed E-state index contributed by atoms with van der Waals surface area (Å²) in [5.41, 5.74) is 9.76. The molecule has 0 spiro atoms. The SMILES string of the molecule is CCC1=C(C)c2cc3[nH]c(cc4nc(c5c6[nH]c(cc1n2)c(C)c6C(=O)OC5=O)[C@@H](CCC(=O)OC)[C@@H]4C)c(C)c3C(C)OCCOCCNC(=O)OC(C)(C)C. The molecule has 304 valence electrons. The monoisotopic (exact) mass is 783 g/mol.